The number of rotatable bonds is 5. The first-order valence-corrected chi connectivity index (χ1v) is 11.3. The number of fused-ring (bicyclic) bond motifs is 1. The maximum atomic E-state index is 14.4. The zero-order valence-electron chi connectivity index (χ0n) is 16.4. The minimum absolute atomic E-state index is 0.0777. The molecule has 2 aromatic heterocycles. The van der Waals surface area contributed by atoms with Crippen molar-refractivity contribution in [2.45, 2.75) is 18.9 Å². The number of sulfonamides is 1. The van der Waals surface area contributed by atoms with E-state index in [-0.39, 0.29) is 34.0 Å². The minimum Gasteiger partial charge on any atom is -0.463 e. The highest BCUT2D eigenvalue weighted by molar-refractivity contribution is 7.88. The molecule has 31 heavy (non-hydrogen) atoms. The number of benzene rings is 1. The number of ketones is 1. The molecule has 1 aliphatic rings. The number of carbonyl (C=O) groups excluding carboxylic acids is 1. The summed E-state index contributed by atoms with van der Waals surface area (Å²) in [6.45, 7) is 0.720. The van der Waals surface area contributed by atoms with E-state index < -0.39 is 33.0 Å². The van der Waals surface area contributed by atoms with Crippen LogP contribution in [0.4, 0.5) is 14.7 Å². The lowest BCUT2D eigenvalue weighted by molar-refractivity contribution is 0.103. The van der Waals surface area contributed by atoms with Crippen LogP contribution in [-0.2, 0) is 10.0 Å². The molecule has 0 unspecified atom stereocenters. The summed E-state index contributed by atoms with van der Waals surface area (Å²) in [6, 6.07) is 2.26. The van der Waals surface area contributed by atoms with Crippen LogP contribution in [0.3, 0.4) is 0 Å². The quantitative estimate of drug-likeness (QED) is 0.508. The standard InChI is InChI=1S/C19H19F2N5O4S/c1-31(28,29)26-5-2-11(3-6-26)24-19-23-9-12(18(22)25-19)16(27)14-15(21)13(20)8-10-4-7-30-17(10)14/h4,7-9,11H,2-3,5-6H2,1H3,(H3,22,23,24,25). The number of aromatic nitrogens is 2. The Morgan fingerprint density at radius 1 is 1.35 bits per heavy atom. The summed E-state index contributed by atoms with van der Waals surface area (Å²) in [6.07, 6.45) is 4.57. The molecule has 1 fully saturated rings. The molecular formula is C19H19F2N5O4S. The number of furan rings is 1. The van der Waals surface area contributed by atoms with Gasteiger partial charge in [-0.2, -0.15) is 0 Å². The number of aromatic amines is 1. The summed E-state index contributed by atoms with van der Waals surface area (Å²) in [5.74, 6) is -3.27. The van der Waals surface area contributed by atoms with Crippen molar-refractivity contribution in [3.8, 4) is 0 Å². The van der Waals surface area contributed by atoms with Crippen LogP contribution >= 0.6 is 0 Å². The number of H-pyrrole nitrogens is 1. The molecule has 1 aliphatic heterocycles. The summed E-state index contributed by atoms with van der Waals surface area (Å²) >= 11 is 0. The van der Waals surface area contributed by atoms with Crippen molar-refractivity contribution in [3.63, 3.8) is 0 Å². The van der Waals surface area contributed by atoms with E-state index in [9.17, 15) is 22.0 Å². The van der Waals surface area contributed by atoms with Gasteiger partial charge in [0.25, 0.3) is 0 Å². The maximum absolute atomic E-state index is 14.4. The second-order valence-corrected chi connectivity index (χ2v) is 9.30. The molecule has 3 N–H and O–H groups in total. The lowest BCUT2D eigenvalue weighted by Crippen LogP contribution is -2.42. The molecular weight excluding hydrogens is 432 g/mol. The van der Waals surface area contributed by atoms with Gasteiger partial charge in [0.15, 0.2) is 11.6 Å². The van der Waals surface area contributed by atoms with E-state index in [1.807, 2.05) is 0 Å². The van der Waals surface area contributed by atoms with Gasteiger partial charge in [-0.3, -0.25) is 10.2 Å². The van der Waals surface area contributed by atoms with Crippen molar-refractivity contribution < 1.29 is 26.4 Å². The summed E-state index contributed by atoms with van der Waals surface area (Å²) in [4.78, 5) is 19.6. The predicted octanol–water partition coefficient (Wildman–Crippen LogP) is 1.98. The molecule has 0 radical (unpaired) electrons. The van der Waals surface area contributed by atoms with E-state index >= 15 is 0 Å². The van der Waals surface area contributed by atoms with Gasteiger partial charge in [0, 0.05) is 30.7 Å². The van der Waals surface area contributed by atoms with Crippen LogP contribution < -0.4 is 10.8 Å². The maximum Gasteiger partial charge on any atom is 0.211 e. The number of hydrogen-bond acceptors (Lipinski definition) is 7. The van der Waals surface area contributed by atoms with E-state index in [1.165, 1.54) is 16.6 Å². The first-order valence-electron chi connectivity index (χ1n) is 9.40. The van der Waals surface area contributed by atoms with Crippen LogP contribution in [-0.4, -0.2) is 53.9 Å². The van der Waals surface area contributed by atoms with Crippen molar-refractivity contribution >= 4 is 32.7 Å². The zero-order chi connectivity index (χ0) is 22.3. The van der Waals surface area contributed by atoms with E-state index in [0.717, 1.165) is 18.5 Å². The van der Waals surface area contributed by atoms with E-state index in [4.69, 9.17) is 9.83 Å². The van der Waals surface area contributed by atoms with Crippen LogP contribution in [0.5, 0.6) is 0 Å². The molecule has 12 heteroatoms. The fourth-order valence-corrected chi connectivity index (χ4v) is 4.45. The Morgan fingerprint density at radius 3 is 2.71 bits per heavy atom. The van der Waals surface area contributed by atoms with Crippen molar-refractivity contribution in [1.82, 2.24) is 14.3 Å². The Hall–Kier alpha value is -3.12. The van der Waals surface area contributed by atoms with Crippen molar-refractivity contribution in [3.05, 3.63) is 52.8 Å². The Labute approximate surface area is 175 Å². The lowest BCUT2D eigenvalue weighted by atomic mass is 10.0. The highest BCUT2D eigenvalue weighted by Crippen LogP contribution is 2.27. The van der Waals surface area contributed by atoms with Crippen molar-refractivity contribution in [2.75, 3.05) is 24.7 Å². The van der Waals surface area contributed by atoms with Gasteiger partial charge in [0.1, 0.15) is 16.6 Å². The number of piperidine rings is 1. The van der Waals surface area contributed by atoms with Gasteiger partial charge in [0.2, 0.25) is 21.8 Å². The van der Waals surface area contributed by atoms with Gasteiger partial charge >= 0.3 is 0 Å². The average Bonchev–Trinajstić information content (AvgIpc) is 3.16. The van der Waals surface area contributed by atoms with Crippen LogP contribution in [0.15, 0.2) is 29.0 Å². The Morgan fingerprint density at radius 2 is 2.06 bits per heavy atom. The Bertz CT molecular complexity index is 1330. The minimum atomic E-state index is -3.24. The first kappa shape index (κ1) is 21.1. The normalized spacial score (nSPS) is 16.0. The number of hydrogen-bond donors (Lipinski definition) is 3. The van der Waals surface area contributed by atoms with Crippen LogP contribution in [0, 0.1) is 17.0 Å². The smallest absolute Gasteiger partial charge is 0.211 e. The van der Waals surface area contributed by atoms with Gasteiger partial charge in [-0.1, -0.05) is 0 Å². The Balaban J connectivity index is 1.55. The van der Waals surface area contributed by atoms with Crippen LogP contribution in [0.25, 0.3) is 11.0 Å². The van der Waals surface area contributed by atoms with E-state index in [1.54, 1.807) is 0 Å². The monoisotopic (exact) mass is 451 g/mol. The van der Waals surface area contributed by atoms with Crippen LogP contribution in [0.2, 0.25) is 0 Å². The SMILES string of the molecule is CS(=O)(=O)N1CCC(Nc2ncc(C(=O)c3c(F)c(F)cc4ccoc34)c(=N)[nH]2)CC1. The first-order chi connectivity index (χ1) is 14.6. The zero-order valence-corrected chi connectivity index (χ0v) is 17.2. The molecule has 0 aliphatic carbocycles. The van der Waals surface area contributed by atoms with Gasteiger partial charge in [-0.05, 0) is 25.0 Å². The van der Waals surface area contributed by atoms with Crippen LogP contribution in [0.1, 0.15) is 28.8 Å². The molecule has 164 valence electrons. The second-order valence-electron chi connectivity index (χ2n) is 7.32. The highest BCUT2D eigenvalue weighted by Gasteiger charge is 2.27. The third-order valence-corrected chi connectivity index (χ3v) is 6.51. The second kappa shape index (κ2) is 7.85. The molecule has 4 rings (SSSR count). The Kier molecular flexibility index (Phi) is 5.35. The van der Waals surface area contributed by atoms with Gasteiger partial charge in [-0.25, -0.2) is 26.5 Å². The molecule has 0 bridgehead atoms. The number of nitrogens with one attached hydrogen (secondary N) is 3. The molecule has 0 spiro atoms. The third kappa shape index (κ3) is 4.08. The molecule has 0 saturated carbocycles. The van der Waals surface area contributed by atoms with Gasteiger partial charge < -0.3 is 14.7 Å². The largest absolute Gasteiger partial charge is 0.463 e. The van der Waals surface area contributed by atoms with Crippen molar-refractivity contribution in [1.29, 1.82) is 5.41 Å². The molecule has 3 aromatic rings. The number of anilines is 1. The molecule has 0 atom stereocenters. The third-order valence-electron chi connectivity index (χ3n) is 5.21. The molecule has 0 amide bonds. The lowest BCUT2D eigenvalue weighted by Gasteiger charge is -2.30. The predicted molar refractivity (Wildman–Crippen MR) is 107 cm³/mol. The number of halogens is 2. The number of carbonyl (C=O) groups is 1. The molecule has 1 saturated heterocycles. The molecule has 1 aromatic carbocycles. The van der Waals surface area contributed by atoms with Gasteiger partial charge in [-0.15, -0.1) is 0 Å². The average molecular weight is 451 g/mol. The van der Waals surface area contributed by atoms with E-state index in [2.05, 4.69) is 15.3 Å². The highest BCUT2D eigenvalue weighted by atomic mass is 32.2. The fraction of sp³-hybridized carbons (Fsp3) is 0.316. The summed E-state index contributed by atoms with van der Waals surface area (Å²) in [5, 5.41) is 11.4. The number of nitrogens with zero attached hydrogens (tertiary/aromatic N) is 2. The summed E-state index contributed by atoms with van der Waals surface area (Å²) in [7, 11) is -3.24. The summed E-state index contributed by atoms with van der Waals surface area (Å²) in [5.41, 5.74) is -1.29. The van der Waals surface area contributed by atoms with E-state index in [0.29, 0.717) is 25.9 Å². The topological polar surface area (TPSA) is 132 Å². The molecule has 3 heterocycles. The van der Waals surface area contributed by atoms with Crippen molar-refractivity contribution in [2.24, 2.45) is 0 Å². The fourth-order valence-electron chi connectivity index (χ4n) is 3.57. The summed E-state index contributed by atoms with van der Waals surface area (Å²) < 4.78 is 58.0. The molecule has 9 nitrogen and oxygen atoms in total. The van der Waals surface area contributed by atoms with Gasteiger partial charge in [0.05, 0.1) is 18.1 Å².